The van der Waals surface area contributed by atoms with Gasteiger partial charge in [-0.3, -0.25) is 0 Å². The van der Waals surface area contributed by atoms with Gasteiger partial charge in [-0.15, -0.1) is 10.2 Å². The van der Waals surface area contributed by atoms with E-state index >= 15 is 0 Å². The Balaban J connectivity index is 1.89. The fourth-order valence-electron chi connectivity index (χ4n) is 1.82. The summed E-state index contributed by atoms with van der Waals surface area (Å²) in [6.07, 6.45) is 0.729. The van der Waals surface area contributed by atoms with E-state index in [4.69, 9.17) is 13.9 Å². The molecule has 0 amide bonds. The van der Waals surface area contributed by atoms with Crippen molar-refractivity contribution >= 4 is 0 Å². The van der Waals surface area contributed by atoms with Crippen LogP contribution >= 0.6 is 0 Å². The van der Waals surface area contributed by atoms with Crippen LogP contribution in [0.4, 0.5) is 0 Å². The quantitative estimate of drug-likeness (QED) is 0.712. The summed E-state index contributed by atoms with van der Waals surface area (Å²) in [6, 6.07) is 7.90. The second-order valence-corrected chi connectivity index (χ2v) is 4.51. The molecule has 0 aliphatic heterocycles. The lowest BCUT2D eigenvalue weighted by atomic mass is 10.2. The van der Waals surface area contributed by atoms with E-state index in [9.17, 15) is 0 Å². The number of aromatic nitrogens is 2. The molecule has 0 bridgehead atoms. The van der Waals surface area contributed by atoms with Crippen molar-refractivity contribution in [1.82, 2.24) is 15.5 Å². The van der Waals surface area contributed by atoms with Gasteiger partial charge in [-0.1, -0.05) is 25.1 Å². The highest BCUT2D eigenvalue weighted by atomic mass is 16.5. The normalized spacial score (nSPS) is 10.8. The van der Waals surface area contributed by atoms with E-state index < -0.39 is 0 Å². The fourth-order valence-corrected chi connectivity index (χ4v) is 1.82. The highest BCUT2D eigenvalue weighted by molar-refractivity contribution is 5.33. The molecule has 1 aromatic carbocycles. The second kappa shape index (κ2) is 8.39. The summed E-state index contributed by atoms with van der Waals surface area (Å²) in [5.41, 5.74) is 1.09. The van der Waals surface area contributed by atoms with Crippen molar-refractivity contribution in [1.29, 1.82) is 0 Å². The van der Waals surface area contributed by atoms with Gasteiger partial charge in [-0.05, 0) is 6.07 Å². The maximum atomic E-state index is 5.77. The Labute approximate surface area is 124 Å². The predicted molar refractivity (Wildman–Crippen MR) is 78.0 cm³/mol. The zero-order chi connectivity index (χ0) is 14.9. The average molecular weight is 291 g/mol. The van der Waals surface area contributed by atoms with E-state index in [-0.39, 0.29) is 6.61 Å². The Morgan fingerprint density at radius 1 is 1.19 bits per heavy atom. The van der Waals surface area contributed by atoms with Gasteiger partial charge in [-0.25, -0.2) is 0 Å². The van der Waals surface area contributed by atoms with Crippen LogP contribution in [-0.2, 0) is 24.3 Å². The van der Waals surface area contributed by atoms with E-state index in [0.717, 1.165) is 30.8 Å². The summed E-state index contributed by atoms with van der Waals surface area (Å²) in [5, 5.41) is 11.2. The zero-order valence-corrected chi connectivity index (χ0v) is 12.5. The number of para-hydroxylation sites is 1. The minimum atomic E-state index is 0.280. The first-order chi connectivity index (χ1) is 10.3. The van der Waals surface area contributed by atoms with Crippen molar-refractivity contribution in [2.24, 2.45) is 0 Å². The molecule has 1 N–H and O–H groups in total. The van der Waals surface area contributed by atoms with Gasteiger partial charge in [0.05, 0.1) is 6.61 Å². The number of hydrogen-bond donors (Lipinski definition) is 1. The van der Waals surface area contributed by atoms with Crippen LogP contribution in [0.3, 0.4) is 0 Å². The van der Waals surface area contributed by atoms with E-state index in [1.165, 1.54) is 0 Å². The van der Waals surface area contributed by atoms with Crippen LogP contribution in [0.25, 0.3) is 0 Å². The molecule has 21 heavy (non-hydrogen) atoms. The lowest BCUT2D eigenvalue weighted by molar-refractivity contribution is 0.199. The van der Waals surface area contributed by atoms with Gasteiger partial charge in [0.2, 0.25) is 5.89 Å². The molecule has 2 rings (SSSR count). The van der Waals surface area contributed by atoms with E-state index in [1.54, 1.807) is 7.11 Å². The van der Waals surface area contributed by atoms with Crippen molar-refractivity contribution in [3.8, 4) is 5.75 Å². The molecule has 1 heterocycles. The van der Waals surface area contributed by atoms with Gasteiger partial charge in [0, 0.05) is 32.2 Å². The summed E-state index contributed by atoms with van der Waals surface area (Å²) in [7, 11) is 1.69. The van der Waals surface area contributed by atoms with Crippen molar-refractivity contribution in [3.05, 3.63) is 41.6 Å². The molecule has 6 heteroatoms. The molecular weight excluding hydrogens is 270 g/mol. The van der Waals surface area contributed by atoms with Gasteiger partial charge in [-0.2, -0.15) is 0 Å². The standard InChI is InChI=1S/C15H21N3O3/c1-3-14-17-18-15(21-14)11-20-13-7-5-4-6-12(13)10-16-8-9-19-2/h4-7,16H,3,8-11H2,1-2H3. The highest BCUT2D eigenvalue weighted by Crippen LogP contribution is 2.19. The van der Waals surface area contributed by atoms with Crippen LogP contribution in [0, 0.1) is 0 Å². The molecule has 0 aliphatic rings. The highest BCUT2D eigenvalue weighted by Gasteiger charge is 2.07. The van der Waals surface area contributed by atoms with E-state index in [0.29, 0.717) is 18.4 Å². The molecule has 0 fully saturated rings. The first kappa shape index (κ1) is 15.5. The fraction of sp³-hybridized carbons (Fsp3) is 0.467. The van der Waals surface area contributed by atoms with Crippen LogP contribution in [0.15, 0.2) is 28.7 Å². The molecule has 1 aromatic heterocycles. The Morgan fingerprint density at radius 3 is 2.76 bits per heavy atom. The predicted octanol–water partition coefficient (Wildman–Crippen LogP) is 1.95. The Morgan fingerprint density at radius 2 is 2.00 bits per heavy atom. The lowest BCUT2D eigenvalue weighted by Crippen LogP contribution is -2.19. The SMILES string of the molecule is CCc1nnc(COc2ccccc2CNCCOC)o1. The average Bonchev–Trinajstić information content (AvgIpc) is 2.98. The second-order valence-electron chi connectivity index (χ2n) is 4.51. The summed E-state index contributed by atoms with van der Waals surface area (Å²) < 4.78 is 16.2. The van der Waals surface area contributed by atoms with E-state index in [1.807, 2.05) is 31.2 Å². The molecule has 2 aromatic rings. The molecule has 0 spiro atoms. The summed E-state index contributed by atoms with van der Waals surface area (Å²) in [4.78, 5) is 0. The number of hydrogen-bond acceptors (Lipinski definition) is 6. The molecule has 0 saturated heterocycles. The Bertz CT molecular complexity index is 542. The maximum absolute atomic E-state index is 5.77. The van der Waals surface area contributed by atoms with Crippen LogP contribution in [0.5, 0.6) is 5.75 Å². The molecular formula is C15H21N3O3. The number of ether oxygens (including phenoxy) is 2. The number of methoxy groups -OCH3 is 1. The topological polar surface area (TPSA) is 69.4 Å². The van der Waals surface area contributed by atoms with Crippen LogP contribution in [0.1, 0.15) is 24.3 Å². The Hall–Kier alpha value is -1.92. The number of nitrogens with one attached hydrogen (secondary N) is 1. The summed E-state index contributed by atoms with van der Waals surface area (Å²) in [5.74, 6) is 1.94. The van der Waals surface area contributed by atoms with Crippen molar-refractivity contribution in [3.63, 3.8) is 0 Å². The molecule has 0 aliphatic carbocycles. The van der Waals surface area contributed by atoms with Gasteiger partial charge >= 0.3 is 0 Å². The van der Waals surface area contributed by atoms with Crippen molar-refractivity contribution < 1.29 is 13.9 Å². The molecule has 0 saturated carbocycles. The smallest absolute Gasteiger partial charge is 0.253 e. The zero-order valence-electron chi connectivity index (χ0n) is 12.5. The van der Waals surface area contributed by atoms with Crippen LogP contribution in [0.2, 0.25) is 0 Å². The minimum Gasteiger partial charge on any atom is -0.483 e. The molecule has 0 radical (unpaired) electrons. The summed E-state index contributed by atoms with van der Waals surface area (Å²) >= 11 is 0. The Kier molecular flexibility index (Phi) is 6.18. The molecule has 114 valence electrons. The third-order valence-corrected chi connectivity index (χ3v) is 2.93. The monoisotopic (exact) mass is 291 g/mol. The third kappa shape index (κ3) is 4.84. The lowest BCUT2D eigenvalue weighted by Gasteiger charge is -2.10. The van der Waals surface area contributed by atoms with Gasteiger partial charge in [0.1, 0.15) is 5.75 Å². The molecule has 6 nitrogen and oxygen atoms in total. The number of aryl methyl sites for hydroxylation is 1. The number of rotatable bonds is 9. The van der Waals surface area contributed by atoms with Crippen molar-refractivity contribution in [2.75, 3.05) is 20.3 Å². The third-order valence-electron chi connectivity index (χ3n) is 2.93. The van der Waals surface area contributed by atoms with Crippen LogP contribution in [-0.4, -0.2) is 30.5 Å². The molecule has 0 unspecified atom stereocenters. The first-order valence-corrected chi connectivity index (χ1v) is 7.05. The summed E-state index contributed by atoms with van der Waals surface area (Å²) in [6.45, 7) is 4.46. The number of benzene rings is 1. The van der Waals surface area contributed by atoms with Gasteiger partial charge in [0.15, 0.2) is 6.61 Å². The van der Waals surface area contributed by atoms with E-state index in [2.05, 4.69) is 15.5 Å². The van der Waals surface area contributed by atoms with Crippen LogP contribution < -0.4 is 10.1 Å². The minimum absolute atomic E-state index is 0.280. The largest absolute Gasteiger partial charge is 0.483 e. The van der Waals surface area contributed by atoms with Crippen molar-refractivity contribution in [2.45, 2.75) is 26.5 Å². The first-order valence-electron chi connectivity index (χ1n) is 7.05. The van der Waals surface area contributed by atoms with Gasteiger partial charge in [0.25, 0.3) is 5.89 Å². The maximum Gasteiger partial charge on any atom is 0.253 e. The number of nitrogens with zero attached hydrogens (tertiary/aromatic N) is 2. The van der Waals surface area contributed by atoms with Gasteiger partial charge < -0.3 is 19.2 Å². The molecule has 0 atom stereocenters.